The maximum atomic E-state index is 13.4. The fourth-order valence-corrected chi connectivity index (χ4v) is 4.54. The molecule has 4 rings (SSSR count). The Hall–Kier alpha value is -4.19. The first kappa shape index (κ1) is 25.9. The molecule has 1 aliphatic rings. The van der Waals surface area contributed by atoms with Crippen molar-refractivity contribution >= 4 is 34.7 Å². The van der Waals surface area contributed by atoms with E-state index in [1.807, 2.05) is 43.3 Å². The SMILES string of the molecule is CCc1ccc(/C(O)=C2/C(=O)C(=O)N(c3ccc(NC(C)=O)cc3)C2c2ccc(C(C)(C)C)cc2)cc1. The molecule has 0 aliphatic carbocycles. The summed E-state index contributed by atoms with van der Waals surface area (Å²) in [6.45, 7) is 9.81. The van der Waals surface area contributed by atoms with Gasteiger partial charge in [-0.05, 0) is 52.8 Å². The minimum atomic E-state index is -0.813. The van der Waals surface area contributed by atoms with Crippen LogP contribution in [0.5, 0.6) is 0 Å². The summed E-state index contributed by atoms with van der Waals surface area (Å²) in [6, 6.07) is 21.0. The number of hydrogen-bond acceptors (Lipinski definition) is 4. The topological polar surface area (TPSA) is 86.7 Å². The maximum Gasteiger partial charge on any atom is 0.300 e. The third-order valence-corrected chi connectivity index (χ3v) is 6.64. The Balaban J connectivity index is 1.86. The fraction of sp³-hybridized carbons (Fsp3) is 0.258. The van der Waals surface area contributed by atoms with Crippen molar-refractivity contribution in [3.05, 3.63) is 101 Å². The molecule has 6 heteroatoms. The molecule has 3 aromatic rings. The number of nitrogens with zero attached hydrogens (tertiary/aromatic N) is 1. The van der Waals surface area contributed by atoms with Crippen molar-refractivity contribution in [1.29, 1.82) is 0 Å². The van der Waals surface area contributed by atoms with Gasteiger partial charge in [0, 0.05) is 23.9 Å². The van der Waals surface area contributed by atoms with Crippen molar-refractivity contribution < 1.29 is 19.5 Å². The first-order chi connectivity index (χ1) is 17.5. The van der Waals surface area contributed by atoms with Gasteiger partial charge >= 0.3 is 0 Å². The first-order valence-electron chi connectivity index (χ1n) is 12.4. The van der Waals surface area contributed by atoms with Crippen LogP contribution in [-0.4, -0.2) is 22.7 Å². The summed E-state index contributed by atoms with van der Waals surface area (Å²) in [5.41, 5.74) is 4.45. The molecule has 190 valence electrons. The van der Waals surface area contributed by atoms with E-state index in [2.05, 4.69) is 26.1 Å². The molecule has 1 aliphatic heterocycles. The molecule has 0 radical (unpaired) electrons. The molecule has 0 aromatic heterocycles. The molecule has 2 N–H and O–H groups in total. The third-order valence-electron chi connectivity index (χ3n) is 6.64. The van der Waals surface area contributed by atoms with Crippen LogP contribution in [0, 0.1) is 0 Å². The van der Waals surface area contributed by atoms with Gasteiger partial charge in [-0.15, -0.1) is 0 Å². The van der Waals surface area contributed by atoms with Gasteiger partial charge in [0.15, 0.2) is 0 Å². The second kappa shape index (κ2) is 10.1. The molecule has 2 amide bonds. The van der Waals surface area contributed by atoms with E-state index in [9.17, 15) is 19.5 Å². The monoisotopic (exact) mass is 496 g/mol. The lowest BCUT2D eigenvalue weighted by Crippen LogP contribution is -2.29. The summed E-state index contributed by atoms with van der Waals surface area (Å²) < 4.78 is 0. The molecule has 6 nitrogen and oxygen atoms in total. The Morgan fingerprint density at radius 2 is 1.51 bits per heavy atom. The Kier molecular flexibility index (Phi) is 7.03. The summed E-state index contributed by atoms with van der Waals surface area (Å²) in [6.07, 6.45) is 0.847. The van der Waals surface area contributed by atoms with Crippen molar-refractivity contribution in [3.8, 4) is 0 Å². The van der Waals surface area contributed by atoms with Gasteiger partial charge < -0.3 is 10.4 Å². The molecule has 37 heavy (non-hydrogen) atoms. The van der Waals surface area contributed by atoms with Crippen LogP contribution in [-0.2, 0) is 26.2 Å². The van der Waals surface area contributed by atoms with Gasteiger partial charge in [-0.1, -0.05) is 76.2 Å². The molecular formula is C31H32N2O4. The van der Waals surface area contributed by atoms with Crippen LogP contribution in [0.3, 0.4) is 0 Å². The molecule has 0 spiro atoms. The number of aryl methyl sites for hydroxylation is 1. The number of aliphatic hydroxyl groups is 1. The summed E-state index contributed by atoms with van der Waals surface area (Å²) in [5.74, 6) is -1.87. The fourth-order valence-electron chi connectivity index (χ4n) is 4.54. The Morgan fingerprint density at radius 3 is 2.03 bits per heavy atom. The lowest BCUT2D eigenvalue weighted by atomic mass is 9.85. The molecule has 1 fully saturated rings. The van der Waals surface area contributed by atoms with E-state index in [1.165, 1.54) is 11.8 Å². The predicted octanol–water partition coefficient (Wildman–Crippen LogP) is 6.13. The van der Waals surface area contributed by atoms with Gasteiger partial charge in [-0.2, -0.15) is 0 Å². The summed E-state index contributed by atoms with van der Waals surface area (Å²) in [4.78, 5) is 39.6. The van der Waals surface area contributed by atoms with E-state index < -0.39 is 17.7 Å². The predicted molar refractivity (Wildman–Crippen MR) is 146 cm³/mol. The molecule has 1 atom stereocenters. The summed E-state index contributed by atoms with van der Waals surface area (Å²) >= 11 is 0. The van der Waals surface area contributed by atoms with Crippen LogP contribution in [0.2, 0.25) is 0 Å². The van der Waals surface area contributed by atoms with Crippen molar-refractivity contribution in [1.82, 2.24) is 0 Å². The highest BCUT2D eigenvalue weighted by Gasteiger charge is 2.47. The van der Waals surface area contributed by atoms with Crippen LogP contribution in [0.15, 0.2) is 78.4 Å². The van der Waals surface area contributed by atoms with E-state index in [0.717, 1.165) is 17.5 Å². The summed E-state index contributed by atoms with van der Waals surface area (Å²) in [5, 5.41) is 14.0. The van der Waals surface area contributed by atoms with Crippen LogP contribution in [0.25, 0.3) is 5.76 Å². The van der Waals surface area contributed by atoms with E-state index in [0.29, 0.717) is 22.5 Å². The number of hydrogen-bond donors (Lipinski definition) is 2. The molecule has 3 aromatic carbocycles. The number of anilines is 2. The number of Topliss-reactive ketones (excluding diaryl/α,β-unsaturated/α-hetero) is 1. The molecule has 0 saturated carbocycles. The highest BCUT2D eigenvalue weighted by Crippen LogP contribution is 2.42. The lowest BCUT2D eigenvalue weighted by Gasteiger charge is -2.27. The van der Waals surface area contributed by atoms with Gasteiger partial charge in [-0.3, -0.25) is 19.3 Å². The van der Waals surface area contributed by atoms with E-state index in [4.69, 9.17) is 0 Å². The van der Waals surface area contributed by atoms with Crippen molar-refractivity contribution in [3.63, 3.8) is 0 Å². The number of ketones is 1. The van der Waals surface area contributed by atoms with Gasteiger partial charge in [0.1, 0.15) is 5.76 Å². The zero-order chi connectivity index (χ0) is 26.9. The lowest BCUT2D eigenvalue weighted by molar-refractivity contribution is -0.132. The zero-order valence-corrected chi connectivity index (χ0v) is 21.8. The average Bonchev–Trinajstić information content (AvgIpc) is 3.13. The second-order valence-electron chi connectivity index (χ2n) is 10.3. The van der Waals surface area contributed by atoms with Crippen molar-refractivity contribution in [2.75, 3.05) is 10.2 Å². The van der Waals surface area contributed by atoms with Crippen LogP contribution in [0.4, 0.5) is 11.4 Å². The average molecular weight is 497 g/mol. The van der Waals surface area contributed by atoms with Crippen LogP contribution >= 0.6 is 0 Å². The number of carbonyl (C=O) groups is 3. The summed E-state index contributed by atoms with van der Waals surface area (Å²) in [7, 11) is 0. The standard InChI is InChI=1S/C31H32N2O4/c1-6-20-7-9-22(10-8-20)28(35)26-27(21-11-13-23(14-12-21)31(3,4)5)33(30(37)29(26)36)25-17-15-24(16-18-25)32-19(2)34/h7-18,27,35H,6H2,1-5H3,(H,32,34)/b28-26-. The molecular weight excluding hydrogens is 464 g/mol. The van der Waals surface area contributed by atoms with Gasteiger partial charge in [0.25, 0.3) is 11.7 Å². The Bertz CT molecular complexity index is 1360. The highest BCUT2D eigenvalue weighted by atomic mass is 16.3. The number of rotatable bonds is 5. The van der Waals surface area contributed by atoms with Crippen molar-refractivity contribution in [2.45, 2.75) is 52.5 Å². The zero-order valence-electron chi connectivity index (χ0n) is 21.8. The van der Waals surface area contributed by atoms with E-state index in [1.54, 1.807) is 36.4 Å². The van der Waals surface area contributed by atoms with E-state index in [-0.39, 0.29) is 22.7 Å². The van der Waals surface area contributed by atoms with Crippen molar-refractivity contribution in [2.24, 2.45) is 0 Å². The quantitative estimate of drug-likeness (QED) is 0.253. The molecule has 1 unspecified atom stereocenters. The van der Waals surface area contributed by atoms with Crippen LogP contribution in [0.1, 0.15) is 62.9 Å². The van der Waals surface area contributed by atoms with Gasteiger partial charge in [-0.25, -0.2) is 0 Å². The maximum absolute atomic E-state index is 13.4. The molecule has 0 bridgehead atoms. The van der Waals surface area contributed by atoms with E-state index >= 15 is 0 Å². The number of aliphatic hydroxyl groups excluding tert-OH is 1. The van der Waals surface area contributed by atoms with Gasteiger partial charge in [0.05, 0.1) is 11.6 Å². The number of amides is 2. The first-order valence-corrected chi connectivity index (χ1v) is 12.4. The second-order valence-corrected chi connectivity index (χ2v) is 10.3. The minimum Gasteiger partial charge on any atom is -0.507 e. The largest absolute Gasteiger partial charge is 0.507 e. The molecule has 1 heterocycles. The normalized spacial score (nSPS) is 17.2. The smallest absolute Gasteiger partial charge is 0.300 e. The van der Waals surface area contributed by atoms with Gasteiger partial charge in [0.2, 0.25) is 5.91 Å². The molecule has 1 saturated heterocycles. The Labute approximate surface area is 217 Å². The number of nitrogens with one attached hydrogen (secondary N) is 1. The Morgan fingerprint density at radius 1 is 0.919 bits per heavy atom. The number of carbonyl (C=O) groups excluding carboxylic acids is 3. The highest BCUT2D eigenvalue weighted by molar-refractivity contribution is 6.51. The minimum absolute atomic E-state index is 0.0451. The number of benzene rings is 3. The van der Waals surface area contributed by atoms with Crippen LogP contribution < -0.4 is 10.2 Å². The third kappa shape index (κ3) is 5.19.